The molecule has 204 valence electrons. The maximum Gasteiger partial charge on any atom is 0.416 e. The second-order valence-corrected chi connectivity index (χ2v) is 10.2. The van der Waals surface area contributed by atoms with Gasteiger partial charge in [-0.15, -0.1) is 0 Å². The number of hydrogen-bond donors (Lipinski definition) is 2. The number of allylic oxidation sites excluding steroid dienone is 1. The summed E-state index contributed by atoms with van der Waals surface area (Å²) in [5.41, 5.74) is 14.4. The van der Waals surface area contributed by atoms with E-state index in [1.165, 1.54) is 0 Å². The Balaban J connectivity index is 1.89. The lowest BCUT2D eigenvalue weighted by Crippen LogP contribution is -2.34. The van der Waals surface area contributed by atoms with Gasteiger partial charge in [0.25, 0.3) is 0 Å². The standard InChI is InChI=1S/C32H35F3N4/c1-7-28-25(16-22-9-11-23(12-10-22)32(33,34)35)20(3)26-17-24(13-15-29(26)39-28)31(5,30(18-36)37-6)27-14-8-19(2)38-21(27)4/h8-15,17-18,37H,7,16,36H2,1-6H3/b30-18-. The van der Waals surface area contributed by atoms with E-state index in [-0.39, 0.29) is 0 Å². The third kappa shape index (κ3) is 5.22. The third-order valence-electron chi connectivity index (χ3n) is 7.77. The molecule has 4 aromatic rings. The van der Waals surface area contributed by atoms with Crippen LogP contribution in [-0.2, 0) is 24.4 Å². The van der Waals surface area contributed by atoms with Crippen LogP contribution in [0.25, 0.3) is 10.9 Å². The Morgan fingerprint density at radius 2 is 1.62 bits per heavy atom. The zero-order valence-electron chi connectivity index (χ0n) is 23.3. The maximum absolute atomic E-state index is 13.1. The van der Waals surface area contributed by atoms with E-state index in [0.29, 0.717) is 6.42 Å². The van der Waals surface area contributed by atoms with E-state index in [4.69, 9.17) is 15.7 Å². The van der Waals surface area contributed by atoms with E-state index in [1.54, 1.807) is 18.3 Å². The summed E-state index contributed by atoms with van der Waals surface area (Å²) >= 11 is 0. The summed E-state index contributed by atoms with van der Waals surface area (Å²) in [6.45, 7) is 10.2. The van der Waals surface area contributed by atoms with Gasteiger partial charge in [-0.1, -0.05) is 31.2 Å². The molecule has 7 heteroatoms. The Hall–Kier alpha value is -3.87. The largest absolute Gasteiger partial charge is 0.416 e. The van der Waals surface area contributed by atoms with Gasteiger partial charge < -0.3 is 11.1 Å². The van der Waals surface area contributed by atoms with E-state index < -0.39 is 17.2 Å². The molecular weight excluding hydrogens is 497 g/mol. The molecular formula is C32H35F3N4. The monoisotopic (exact) mass is 532 g/mol. The van der Waals surface area contributed by atoms with Crippen LogP contribution in [0.15, 0.2) is 66.5 Å². The van der Waals surface area contributed by atoms with E-state index in [1.807, 2.05) is 40.0 Å². The summed E-state index contributed by atoms with van der Waals surface area (Å²) in [7, 11) is 1.86. The normalized spacial score (nSPS) is 13.9. The van der Waals surface area contributed by atoms with Crippen molar-refractivity contribution in [2.45, 2.75) is 59.1 Å². The molecule has 0 bridgehead atoms. The minimum Gasteiger partial charge on any atom is -0.403 e. The van der Waals surface area contributed by atoms with Crippen molar-refractivity contribution >= 4 is 10.9 Å². The fraction of sp³-hybridized carbons (Fsp3) is 0.312. The second-order valence-electron chi connectivity index (χ2n) is 10.2. The Morgan fingerprint density at radius 3 is 2.18 bits per heavy atom. The summed E-state index contributed by atoms with van der Waals surface area (Å²) in [6, 6.07) is 15.8. The topological polar surface area (TPSA) is 63.8 Å². The first kappa shape index (κ1) is 28.1. The fourth-order valence-corrected chi connectivity index (χ4v) is 5.55. The number of alkyl halides is 3. The average molecular weight is 533 g/mol. The van der Waals surface area contributed by atoms with Gasteiger partial charge in [0.15, 0.2) is 0 Å². The Kier molecular flexibility index (Phi) is 7.73. The number of nitrogens with one attached hydrogen (secondary N) is 1. The number of aryl methyl sites for hydroxylation is 4. The van der Waals surface area contributed by atoms with E-state index in [9.17, 15) is 13.2 Å². The number of aromatic nitrogens is 2. The summed E-state index contributed by atoms with van der Waals surface area (Å²) < 4.78 is 39.2. The molecule has 1 atom stereocenters. The maximum atomic E-state index is 13.1. The van der Waals surface area contributed by atoms with Crippen LogP contribution < -0.4 is 11.1 Å². The molecule has 4 rings (SSSR count). The van der Waals surface area contributed by atoms with Crippen molar-refractivity contribution in [3.05, 3.63) is 117 Å². The Labute approximate surface area is 228 Å². The summed E-state index contributed by atoms with van der Waals surface area (Å²) in [5.74, 6) is 0. The smallest absolute Gasteiger partial charge is 0.403 e. The fourth-order valence-electron chi connectivity index (χ4n) is 5.55. The lowest BCUT2D eigenvalue weighted by Gasteiger charge is -2.34. The van der Waals surface area contributed by atoms with Crippen molar-refractivity contribution in [2.24, 2.45) is 5.73 Å². The second kappa shape index (κ2) is 10.7. The van der Waals surface area contributed by atoms with Gasteiger partial charge in [-0.05, 0) is 98.7 Å². The van der Waals surface area contributed by atoms with E-state index >= 15 is 0 Å². The lowest BCUT2D eigenvalue weighted by molar-refractivity contribution is -0.137. The quantitative estimate of drug-likeness (QED) is 0.268. The lowest BCUT2D eigenvalue weighted by atomic mass is 9.72. The highest BCUT2D eigenvalue weighted by atomic mass is 19.4. The van der Waals surface area contributed by atoms with Crippen LogP contribution in [-0.4, -0.2) is 17.0 Å². The molecule has 2 heterocycles. The molecule has 2 aromatic carbocycles. The third-order valence-corrected chi connectivity index (χ3v) is 7.77. The number of fused-ring (bicyclic) bond motifs is 1. The average Bonchev–Trinajstić information content (AvgIpc) is 2.90. The molecule has 3 N–H and O–H groups in total. The van der Waals surface area contributed by atoms with Crippen molar-refractivity contribution in [2.75, 3.05) is 7.05 Å². The zero-order chi connectivity index (χ0) is 28.5. The molecule has 0 saturated heterocycles. The highest BCUT2D eigenvalue weighted by Gasteiger charge is 2.35. The van der Waals surface area contributed by atoms with Crippen LogP contribution in [0.1, 0.15) is 64.3 Å². The molecule has 0 aliphatic heterocycles. The Bertz CT molecular complexity index is 1540. The molecule has 0 saturated carbocycles. The van der Waals surface area contributed by atoms with E-state index in [0.717, 1.165) is 80.1 Å². The molecule has 39 heavy (non-hydrogen) atoms. The predicted molar refractivity (Wildman–Crippen MR) is 152 cm³/mol. The molecule has 1 unspecified atom stereocenters. The number of benzene rings is 2. The van der Waals surface area contributed by atoms with Crippen molar-refractivity contribution in [3.63, 3.8) is 0 Å². The van der Waals surface area contributed by atoms with Gasteiger partial charge in [0.1, 0.15) is 0 Å². The zero-order valence-corrected chi connectivity index (χ0v) is 23.3. The van der Waals surface area contributed by atoms with Gasteiger partial charge >= 0.3 is 6.18 Å². The van der Waals surface area contributed by atoms with Crippen LogP contribution in [0.3, 0.4) is 0 Å². The SMILES string of the molecule is CCc1nc2ccc(C(C)(/C(=C/N)NC)c3ccc(C)nc3C)cc2c(C)c1Cc1ccc(C(F)(F)F)cc1. The van der Waals surface area contributed by atoms with Crippen molar-refractivity contribution in [3.8, 4) is 0 Å². The first-order valence-corrected chi connectivity index (χ1v) is 13.1. The molecule has 0 aliphatic rings. The number of pyridine rings is 2. The molecule has 0 spiro atoms. The highest BCUT2D eigenvalue weighted by molar-refractivity contribution is 5.85. The van der Waals surface area contributed by atoms with Gasteiger partial charge in [0, 0.05) is 41.4 Å². The molecule has 0 amide bonds. The van der Waals surface area contributed by atoms with E-state index in [2.05, 4.69) is 37.4 Å². The van der Waals surface area contributed by atoms with Gasteiger partial charge in [0.05, 0.1) is 16.5 Å². The summed E-state index contributed by atoms with van der Waals surface area (Å²) in [6.07, 6.45) is -1.53. The predicted octanol–water partition coefficient (Wildman–Crippen LogP) is 7.05. The summed E-state index contributed by atoms with van der Waals surface area (Å²) in [5, 5.41) is 4.29. The number of halogens is 3. The highest BCUT2D eigenvalue weighted by Crippen LogP contribution is 2.40. The molecule has 2 aromatic heterocycles. The Morgan fingerprint density at radius 1 is 0.949 bits per heavy atom. The minimum atomic E-state index is -4.36. The van der Waals surface area contributed by atoms with Crippen LogP contribution in [0.5, 0.6) is 0 Å². The van der Waals surface area contributed by atoms with Crippen LogP contribution in [0.4, 0.5) is 13.2 Å². The van der Waals surface area contributed by atoms with Crippen LogP contribution in [0, 0.1) is 20.8 Å². The van der Waals surface area contributed by atoms with Crippen molar-refractivity contribution in [1.82, 2.24) is 15.3 Å². The number of rotatable bonds is 7. The number of nitrogens with two attached hydrogens (primary N) is 1. The van der Waals surface area contributed by atoms with Gasteiger partial charge in [-0.3, -0.25) is 9.97 Å². The number of likely N-dealkylation sites (N-methyl/N-ethyl adjacent to an activating group) is 1. The first-order valence-electron chi connectivity index (χ1n) is 13.1. The van der Waals surface area contributed by atoms with Crippen molar-refractivity contribution < 1.29 is 13.2 Å². The molecule has 0 radical (unpaired) electrons. The van der Waals surface area contributed by atoms with Crippen molar-refractivity contribution in [1.29, 1.82) is 0 Å². The van der Waals surface area contributed by atoms with Gasteiger partial charge in [0.2, 0.25) is 0 Å². The minimum absolute atomic E-state index is 0.503. The number of nitrogens with zero attached hydrogens (tertiary/aromatic N) is 2. The first-order chi connectivity index (χ1) is 18.4. The number of hydrogen-bond acceptors (Lipinski definition) is 4. The molecule has 0 fully saturated rings. The van der Waals surface area contributed by atoms with Gasteiger partial charge in [-0.25, -0.2) is 0 Å². The molecule has 4 nitrogen and oxygen atoms in total. The van der Waals surface area contributed by atoms with Gasteiger partial charge in [-0.2, -0.15) is 13.2 Å². The van der Waals surface area contributed by atoms with Crippen LogP contribution >= 0.6 is 0 Å². The van der Waals surface area contributed by atoms with Crippen LogP contribution in [0.2, 0.25) is 0 Å². The summed E-state index contributed by atoms with van der Waals surface area (Å²) in [4.78, 5) is 9.69. The molecule has 0 aliphatic carbocycles.